The third-order valence-electron chi connectivity index (χ3n) is 5.30. The van der Waals surface area contributed by atoms with Crippen molar-refractivity contribution in [3.63, 3.8) is 0 Å². The van der Waals surface area contributed by atoms with Crippen molar-refractivity contribution < 1.29 is 14.1 Å². The number of aryl methyl sites for hydroxylation is 1. The van der Waals surface area contributed by atoms with Crippen molar-refractivity contribution in [2.24, 2.45) is 0 Å². The van der Waals surface area contributed by atoms with Crippen LogP contribution >= 0.6 is 0 Å². The van der Waals surface area contributed by atoms with Crippen LogP contribution in [0.2, 0.25) is 0 Å². The number of carbonyl (C=O) groups is 1. The molecule has 0 aliphatic carbocycles. The lowest BCUT2D eigenvalue weighted by atomic mass is 10.2. The fourth-order valence-corrected chi connectivity index (χ4v) is 3.50. The van der Waals surface area contributed by atoms with Crippen molar-refractivity contribution in [1.29, 1.82) is 0 Å². The predicted molar refractivity (Wildman–Crippen MR) is 140 cm³/mol. The zero-order valence-corrected chi connectivity index (χ0v) is 20.1. The van der Waals surface area contributed by atoms with Crippen LogP contribution in [0.1, 0.15) is 16.2 Å². The van der Waals surface area contributed by atoms with Crippen LogP contribution in [0.5, 0.6) is 5.75 Å². The Morgan fingerprint density at radius 3 is 2.35 bits per heavy atom. The molecule has 3 N–H and O–H groups in total. The first kappa shape index (κ1) is 23.5. The summed E-state index contributed by atoms with van der Waals surface area (Å²) in [7, 11) is 1.63. The Hall–Kier alpha value is -5.25. The van der Waals surface area contributed by atoms with E-state index in [1.54, 1.807) is 43.8 Å². The molecule has 0 bridgehead atoms. The predicted octanol–water partition coefficient (Wildman–Crippen LogP) is 5.58. The molecule has 0 aliphatic heterocycles. The molecule has 0 aliphatic rings. The average Bonchev–Trinajstić information content (AvgIpc) is 3.41. The standard InChI is InChI=1S/C27H23N7O3/c1-17-14-25(30-19-9-11-22(36-2)12-10-19)33-27(29-17)32-21-7-5-20(6-8-21)31-26(35)23-15-24(37-34-23)18-4-3-13-28-16-18/h3-16H,1-2H3,(H,31,35)(H2,29,30,32,33). The number of benzene rings is 2. The van der Waals surface area contributed by atoms with E-state index < -0.39 is 0 Å². The molecule has 10 heteroatoms. The molecule has 2 aromatic carbocycles. The number of aromatic nitrogens is 4. The highest BCUT2D eigenvalue weighted by molar-refractivity contribution is 6.03. The van der Waals surface area contributed by atoms with Crippen LogP contribution in [0.15, 0.2) is 89.7 Å². The lowest BCUT2D eigenvalue weighted by Crippen LogP contribution is -2.12. The third kappa shape index (κ3) is 5.88. The van der Waals surface area contributed by atoms with Crippen molar-refractivity contribution >= 4 is 34.7 Å². The maximum atomic E-state index is 12.6. The number of anilines is 5. The Kier molecular flexibility index (Phi) is 6.71. The number of hydrogen-bond acceptors (Lipinski definition) is 9. The van der Waals surface area contributed by atoms with Gasteiger partial charge in [0.15, 0.2) is 11.5 Å². The van der Waals surface area contributed by atoms with Gasteiger partial charge in [0.05, 0.1) is 7.11 Å². The van der Waals surface area contributed by atoms with E-state index >= 15 is 0 Å². The van der Waals surface area contributed by atoms with Crippen LogP contribution in [-0.2, 0) is 0 Å². The second-order valence-corrected chi connectivity index (χ2v) is 8.05. The first-order valence-corrected chi connectivity index (χ1v) is 11.4. The summed E-state index contributed by atoms with van der Waals surface area (Å²) in [4.78, 5) is 25.6. The minimum Gasteiger partial charge on any atom is -0.497 e. The van der Waals surface area contributed by atoms with E-state index in [1.807, 2.05) is 55.5 Å². The molecule has 0 fully saturated rings. The fraction of sp³-hybridized carbons (Fsp3) is 0.0741. The number of carbonyl (C=O) groups excluding carboxylic acids is 1. The van der Waals surface area contributed by atoms with Gasteiger partial charge < -0.3 is 25.2 Å². The summed E-state index contributed by atoms with van der Waals surface area (Å²) in [6.45, 7) is 1.90. The highest BCUT2D eigenvalue weighted by atomic mass is 16.5. The maximum Gasteiger partial charge on any atom is 0.277 e. The Balaban J connectivity index is 1.22. The number of ether oxygens (including phenoxy) is 1. The number of pyridine rings is 1. The normalized spacial score (nSPS) is 10.5. The monoisotopic (exact) mass is 493 g/mol. The number of amides is 1. The van der Waals surface area contributed by atoms with Crippen LogP contribution in [0, 0.1) is 6.92 Å². The maximum absolute atomic E-state index is 12.6. The number of rotatable bonds is 8. The van der Waals surface area contributed by atoms with E-state index in [4.69, 9.17) is 9.26 Å². The summed E-state index contributed by atoms with van der Waals surface area (Å²) in [5, 5.41) is 13.1. The van der Waals surface area contributed by atoms with Crippen molar-refractivity contribution in [2.45, 2.75) is 6.92 Å². The minimum absolute atomic E-state index is 0.172. The quantitative estimate of drug-likeness (QED) is 0.254. The molecule has 5 aromatic rings. The number of nitrogens with zero attached hydrogens (tertiary/aromatic N) is 4. The molecular formula is C27H23N7O3. The van der Waals surface area contributed by atoms with Crippen molar-refractivity contribution in [1.82, 2.24) is 20.1 Å². The largest absolute Gasteiger partial charge is 0.497 e. The highest BCUT2D eigenvalue weighted by Gasteiger charge is 2.14. The average molecular weight is 494 g/mol. The van der Waals surface area contributed by atoms with E-state index in [2.05, 4.69) is 36.1 Å². The molecule has 5 rings (SSSR count). The van der Waals surface area contributed by atoms with Gasteiger partial charge in [-0.2, -0.15) is 4.98 Å². The van der Waals surface area contributed by atoms with E-state index in [0.717, 1.165) is 28.4 Å². The molecule has 0 spiro atoms. The smallest absolute Gasteiger partial charge is 0.277 e. The van der Waals surface area contributed by atoms with Crippen molar-refractivity contribution in [3.05, 3.63) is 96.6 Å². The third-order valence-corrected chi connectivity index (χ3v) is 5.30. The molecule has 0 atom stereocenters. The van der Waals surface area contributed by atoms with Gasteiger partial charge in [-0.3, -0.25) is 9.78 Å². The first-order valence-electron chi connectivity index (χ1n) is 11.4. The van der Waals surface area contributed by atoms with E-state index in [-0.39, 0.29) is 11.6 Å². The molecular weight excluding hydrogens is 470 g/mol. The summed E-state index contributed by atoms with van der Waals surface area (Å²) >= 11 is 0. The van der Waals surface area contributed by atoms with Crippen LogP contribution in [0.3, 0.4) is 0 Å². The van der Waals surface area contributed by atoms with Gasteiger partial charge in [-0.15, -0.1) is 0 Å². The summed E-state index contributed by atoms with van der Waals surface area (Å²) in [5.74, 6) is 1.97. The van der Waals surface area contributed by atoms with Crippen LogP contribution in [0.4, 0.5) is 28.8 Å². The van der Waals surface area contributed by atoms with Gasteiger partial charge in [-0.1, -0.05) is 5.16 Å². The molecule has 1 amide bonds. The zero-order chi connectivity index (χ0) is 25.6. The molecule has 3 heterocycles. The Morgan fingerprint density at radius 1 is 0.892 bits per heavy atom. The van der Waals surface area contributed by atoms with E-state index in [9.17, 15) is 4.79 Å². The molecule has 10 nitrogen and oxygen atoms in total. The van der Waals surface area contributed by atoms with Crippen LogP contribution in [0.25, 0.3) is 11.3 Å². The summed E-state index contributed by atoms with van der Waals surface area (Å²) in [5.41, 5.74) is 3.96. The number of nitrogens with one attached hydrogen (secondary N) is 3. The Labute approximate surface area is 212 Å². The summed E-state index contributed by atoms with van der Waals surface area (Å²) < 4.78 is 10.5. The van der Waals surface area contributed by atoms with Gasteiger partial charge in [0.1, 0.15) is 11.6 Å². The van der Waals surface area contributed by atoms with Crippen molar-refractivity contribution in [2.75, 3.05) is 23.1 Å². The lowest BCUT2D eigenvalue weighted by molar-refractivity contribution is 0.101. The van der Waals surface area contributed by atoms with E-state index in [0.29, 0.717) is 23.2 Å². The van der Waals surface area contributed by atoms with Gasteiger partial charge in [-0.25, -0.2) is 4.98 Å². The second kappa shape index (κ2) is 10.6. The number of hydrogen-bond donors (Lipinski definition) is 3. The fourth-order valence-electron chi connectivity index (χ4n) is 3.50. The second-order valence-electron chi connectivity index (χ2n) is 8.05. The van der Waals surface area contributed by atoms with Gasteiger partial charge in [0.2, 0.25) is 5.95 Å². The van der Waals surface area contributed by atoms with Crippen LogP contribution in [-0.4, -0.2) is 33.1 Å². The number of methoxy groups -OCH3 is 1. The Morgan fingerprint density at radius 2 is 1.62 bits per heavy atom. The lowest BCUT2D eigenvalue weighted by Gasteiger charge is -2.11. The van der Waals surface area contributed by atoms with Gasteiger partial charge in [0, 0.05) is 52.8 Å². The molecule has 0 saturated heterocycles. The first-order chi connectivity index (χ1) is 18.1. The summed E-state index contributed by atoms with van der Waals surface area (Å²) in [6, 6.07) is 21.8. The SMILES string of the molecule is COc1ccc(Nc2cc(C)nc(Nc3ccc(NC(=O)c4cc(-c5cccnc5)on4)cc3)n2)cc1. The minimum atomic E-state index is -0.379. The Bertz CT molecular complexity index is 1500. The molecule has 0 saturated carbocycles. The van der Waals surface area contributed by atoms with Gasteiger partial charge >= 0.3 is 0 Å². The molecule has 184 valence electrons. The molecule has 3 aromatic heterocycles. The summed E-state index contributed by atoms with van der Waals surface area (Å²) in [6.07, 6.45) is 3.30. The van der Waals surface area contributed by atoms with E-state index in [1.165, 1.54) is 0 Å². The topological polar surface area (TPSA) is 127 Å². The van der Waals surface area contributed by atoms with Gasteiger partial charge in [0.25, 0.3) is 5.91 Å². The molecule has 0 radical (unpaired) electrons. The highest BCUT2D eigenvalue weighted by Crippen LogP contribution is 2.23. The van der Waals surface area contributed by atoms with Crippen molar-refractivity contribution in [3.8, 4) is 17.1 Å². The zero-order valence-electron chi connectivity index (χ0n) is 20.1. The molecule has 37 heavy (non-hydrogen) atoms. The van der Waals surface area contributed by atoms with Crippen LogP contribution < -0.4 is 20.7 Å². The van der Waals surface area contributed by atoms with Gasteiger partial charge in [-0.05, 0) is 67.6 Å². The molecule has 0 unspecified atom stereocenters.